The van der Waals surface area contributed by atoms with Crippen molar-refractivity contribution in [2.24, 2.45) is 5.10 Å². The maximum atomic E-state index is 13.4. The summed E-state index contributed by atoms with van der Waals surface area (Å²) in [7, 11) is 0. The Morgan fingerprint density at radius 2 is 1.68 bits per heavy atom. The maximum Gasteiger partial charge on any atom is 0.272 e. The number of carbonyl (C=O) groups is 1. The molecule has 0 aliphatic heterocycles. The van der Waals surface area contributed by atoms with E-state index in [1.165, 1.54) is 11.1 Å². The fraction of sp³-hybridized carbons (Fsp3) is 0.194. The van der Waals surface area contributed by atoms with Crippen LogP contribution >= 0.6 is 11.6 Å². The molecule has 5 aromatic rings. The fourth-order valence-electron chi connectivity index (χ4n) is 4.81. The predicted molar refractivity (Wildman–Crippen MR) is 154 cm³/mol. The number of hydrazone groups is 1. The van der Waals surface area contributed by atoms with Crippen LogP contribution in [0, 0.1) is 20.8 Å². The average molecular weight is 509 g/mol. The van der Waals surface area contributed by atoms with Crippen LogP contribution in [-0.2, 0) is 6.54 Å². The second-order valence-electron chi connectivity index (χ2n) is 9.45. The molecule has 0 bridgehead atoms. The number of hydrogen-bond acceptors (Lipinski definition) is 3. The number of aromatic nitrogens is 2. The lowest BCUT2D eigenvalue weighted by molar-refractivity contribution is 0.0956. The summed E-state index contributed by atoms with van der Waals surface area (Å²) in [4.78, 5) is 18.2. The molecule has 2 heterocycles. The molecule has 1 N–H and O–H groups in total. The first-order chi connectivity index (χ1) is 17.9. The summed E-state index contributed by atoms with van der Waals surface area (Å²) < 4.78 is 2.31. The monoisotopic (exact) mass is 508 g/mol. The van der Waals surface area contributed by atoms with Crippen molar-refractivity contribution in [2.45, 2.75) is 40.7 Å². The van der Waals surface area contributed by atoms with Gasteiger partial charge in [-0.1, -0.05) is 53.9 Å². The molecule has 0 atom stereocenters. The number of carbonyl (C=O) groups excluding carboxylic acids is 1. The third-order valence-corrected chi connectivity index (χ3v) is 6.94. The lowest BCUT2D eigenvalue weighted by atomic mass is 10.0. The first-order valence-electron chi connectivity index (χ1n) is 12.5. The SMILES string of the molecule is CCCn1c(C)c(/C=N/NC(=O)c2cc(-c3ccc(Cl)cc3)nc3ccc(C)cc23)c2cc(C)ccc21. The number of rotatable bonds is 6. The minimum atomic E-state index is -0.282. The lowest BCUT2D eigenvalue weighted by Gasteiger charge is -2.10. The normalized spacial score (nSPS) is 11.6. The minimum absolute atomic E-state index is 0.282. The van der Waals surface area contributed by atoms with Crippen LogP contribution in [0.2, 0.25) is 5.02 Å². The topological polar surface area (TPSA) is 59.3 Å². The Balaban J connectivity index is 1.52. The number of fused-ring (bicyclic) bond motifs is 2. The summed E-state index contributed by atoms with van der Waals surface area (Å²) in [6, 6.07) is 21.7. The van der Waals surface area contributed by atoms with E-state index < -0.39 is 0 Å². The van der Waals surface area contributed by atoms with Gasteiger partial charge in [-0.25, -0.2) is 10.4 Å². The molecule has 0 unspecified atom stereocenters. The predicted octanol–water partition coefficient (Wildman–Crippen LogP) is 7.61. The lowest BCUT2D eigenvalue weighted by Crippen LogP contribution is -2.18. The van der Waals surface area contributed by atoms with Gasteiger partial charge in [-0.15, -0.1) is 0 Å². The van der Waals surface area contributed by atoms with Crippen LogP contribution in [0.1, 0.15) is 46.1 Å². The van der Waals surface area contributed by atoms with Crippen molar-refractivity contribution in [3.05, 3.63) is 99.7 Å². The van der Waals surface area contributed by atoms with Gasteiger partial charge in [-0.2, -0.15) is 5.10 Å². The summed E-state index contributed by atoms with van der Waals surface area (Å²) in [5.74, 6) is -0.282. The van der Waals surface area contributed by atoms with E-state index in [-0.39, 0.29) is 5.91 Å². The number of nitrogens with zero attached hydrogens (tertiary/aromatic N) is 3. The third-order valence-electron chi connectivity index (χ3n) is 6.68. The van der Waals surface area contributed by atoms with Gasteiger partial charge in [0.05, 0.1) is 23.0 Å². The van der Waals surface area contributed by atoms with Crippen molar-refractivity contribution in [3.8, 4) is 11.3 Å². The Kier molecular flexibility index (Phi) is 6.81. The second-order valence-corrected chi connectivity index (χ2v) is 9.89. The largest absolute Gasteiger partial charge is 0.344 e. The molecule has 0 radical (unpaired) electrons. The van der Waals surface area contributed by atoms with Gasteiger partial charge in [0.25, 0.3) is 5.91 Å². The van der Waals surface area contributed by atoms with Gasteiger partial charge in [0.15, 0.2) is 0 Å². The summed E-state index contributed by atoms with van der Waals surface area (Å²) in [5.41, 5.74) is 11.2. The summed E-state index contributed by atoms with van der Waals surface area (Å²) in [5, 5.41) is 6.98. The average Bonchev–Trinajstić information content (AvgIpc) is 3.14. The van der Waals surface area contributed by atoms with Crippen molar-refractivity contribution >= 4 is 45.5 Å². The molecule has 2 aromatic heterocycles. The van der Waals surface area contributed by atoms with Crippen LogP contribution in [0.25, 0.3) is 33.1 Å². The number of aryl methyl sites for hydroxylation is 3. The maximum absolute atomic E-state index is 13.4. The van der Waals surface area contributed by atoms with Crippen LogP contribution in [0.5, 0.6) is 0 Å². The number of pyridine rings is 1. The van der Waals surface area contributed by atoms with Gasteiger partial charge in [0.1, 0.15) is 0 Å². The molecule has 186 valence electrons. The molecule has 37 heavy (non-hydrogen) atoms. The molecule has 0 spiro atoms. The molecule has 3 aromatic carbocycles. The Morgan fingerprint density at radius 3 is 2.41 bits per heavy atom. The molecule has 0 saturated heterocycles. The van der Waals surface area contributed by atoms with Crippen LogP contribution in [-0.4, -0.2) is 21.7 Å². The van der Waals surface area contributed by atoms with E-state index in [0.29, 0.717) is 16.3 Å². The standard InChI is InChI=1S/C31H29ClN4O/c1-5-14-36-21(4)27(25-16-20(3)7-13-30(25)36)18-33-35-31(37)26-17-29(22-8-10-23(32)11-9-22)34-28-12-6-19(2)15-24(26)28/h6-13,15-18H,5,14H2,1-4H3,(H,35,37)/b33-18+. The number of halogens is 1. The van der Waals surface area contributed by atoms with E-state index in [0.717, 1.165) is 51.6 Å². The quantitative estimate of drug-likeness (QED) is 0.189. The van der Waals surface area contributed by atoms with E-state index in [2.05, 4.69) is 54.1 Å². The molecule has 5 rings (SSSR count). The molecule has 5 nitrogen and oxygen atoms in total. The molecule has 0 fully saturated rings. The minimum Gasteiger partial charge on any atom is -0.344 e. The van der Waals surface area contributed by atoms with Gasteiger partial charge in [-0.3, -0.25) is 4.79 Å². The summed E-state index contributed by atoms with van der Waals surface area (Å²) >= 11 is 6.07. The molecule has 1 amide bonds. The van der Waals surface area contributed by atoms with E-state index in [4.69, 9.17) is 16.6 Å². The molecular weight excluding hydrogens is 480 g/mol. The number of benzene rings is 3. The van der Waals surface area contributed by atoms with E-state index in [1.807, 2.05) is 55.5 Å². The van der Waals surface area contributed by atoms with Crippen molar-refractivity contribution in [1.29, 1.82) is 0 Å². The highest BCUT2D eigenvalue weighted by Gasteiger charge is 2.16. The zero-order chi connectivity index (χ0) is 26.1. The molecule has 0 saturated carbocycles. The zero-order valence-corrected chi connectivity index (χ0v) is 22.2. The summed E-state index contributed by atoms with van der Waals surface area (Å²) in [6.07, 6.45) is 2.80. The van der Waals surface area contributed by atoms with Crippen molar-refractivity contribution < 1.29 is 4.79 Å². The number of hydrogen-bond donors (Lipinski definition) is 1. The molecule has 6 heteroatoms. The van der Waals surface area contributed by atoms with Crippen LogP contribution in [0.3, 0.4) is 0 Å². The summed E-state index contributed by atoms with van der Waals surface area (Å²) in [6.45, 7) is 9.30. The van der Waals surface area contributed by atoms with Gasteiger partial charge in [-0.05, 0) is 69.7 Å². The van der Waals surface area contributed by atoms with Gasteiger partial charge < -0.3 is 4.57 Å². The van der Waals surface area contributed by atoms with Crippen LogP contribution < -0.4 is 5.43 Å². The molecule has 0 aliphatic rings. The van der Waals surface area contributed by atoms with Crippen molar-refractivity contribution in [3.63, 3.8) is 0 Å². The van der Waals surface area contributed by atoms with Gasteiger partial charge >= 0.3 is 0 Å². The zero-order valence-electron chi connectivity index (χ0n) is 21.5. The Bertz CT molecular complexity index is 1670. The Morgan fingerprint density at radius 1 is 0.973 bits per heavy atom. The van der Waals surface area contributed by atoms with Crippen molar-refractivity contribution in [1.82, 2.24) is 15.0 Å². The van der Waals surface area contributed by atoms with Gasteiger partial charge in [0, 0.05) is 44.7 Å². The van der Waals surface area contributed by atoms with Gasteiger partial charge in [0.2, 0.25) is 0 Å². The first kappa shape index (κ1) is 24.7. The number of amides is 1. The van der Waals surface area contributed by atoms with E-state index in [1.54, 1.807) is 6.21 Å². The Labute approximate surface area is 221 Å². The smallest absolute Gasteiger partial charge is 0.272 e. The highest BCUT2D eigenvalue weighted by atomic mass is 35.5. The molecular formula is C31H29ClN4O. The number of nitrogens with one attached hydrogen (secondary N) is 1. The van der Waals surface area contributed by atoms with E-state index in [9.17, 15) is 4.79 Å². The highest BCUT2D eigenvalue weighted by molar-refractivity contribution is 6.30. The Hall–Kier alpha value is -3.96. The molecule has 0 aliphatic carbocycles. The fourth-order valence-corrected chi connectivity index (χ4v) is 4.93. The van der Waals surface area contributed by atoms with Crippen molar-refractivity contribution in [2.75, 3.05) is 0 Å². The van der Waals surface area contributed by atoms with Crippen LogP contribution in [0.4, 0.5) is 0 Å². The van der Waals surface area contributed by atoms with E-state index >= 15 is 0 Å². The second kappa shape index (κ2) is 10.2. The first-order valence-corrected chi connectivity index (χ1v) is 12.8. The van der Waals surface area contributed by atoms with Crippen LogP contribution in [0.15, 0.2) is 71.8 Å². The highest BCUT2D eigenvalue weighted by Crippen LogP contribution is 2.28. The third kappa shape index (κ3) is 4.87.